The van der Waals surface area contributed by atoms with Gasteiger partial charge in [0, 0.05) is 19.8 Å². The number of hydrogen-bond acceptors (Lipinski definition) is 7. The quantitative estimate of drug-likeness (QED) is 0.544. The van der Waals surface area contributed by atoms with Crippen molar-refractivity contribution < 1.29 is 14.3 Å². The zero-order valence-corrected chi connectivity index (χ0v) is 20.0. The van der Waals surface area contributed by atoms with E-state index in [1.54, 1.807) is 18.6 Å². The Balaban J connectivity index is 1.90. The summed E-state index contributed by atoms with van der Waals surface area (Å²) >= 11 is 1.31. The predicted molar refractivity (Wildman–Crippen MR) is 130 cm³/mol. The first-order chi connectivity index (χ1) is 15.8. The van der Waals surface area contributed by atoms with Crippen molar-refractivity contribution in [2.45, 2.75) is 13.0 Å². The molecule has 0 unspecified atom stereocenters. The van der Waals surface area contributed by atoms with Gasteiger partial charge >= 0.3 is 5.97 Å². The number of aromatic nitrogens is 1. The van der Waals surface area contributed by atoms with Crippen molar-refractivity contribution in [1.29, 1.82) is 0 Å². The molecule has 1 aromatic heterocycles. The monoisotopic (exact) mass is 463 g/mol. The number of thiazole rings is 1. The summed E-state index contributed by atoms with van der Waals surface area (Å²) in [5, 5.41) is 0. The normalized spacial score (nSPS) is 15.7. The van der Waals surface area contributed by atoms with Crippen LogP contribution in [0.5, 0.6) is 5.75 Å². The highest BCUT2D eigenvalue weighted by atomic mass is 32.1. The highest BCUT2D eigenvalue weighted by Crippen LogP contribution is 2.31. The van der Waals surface area contributed by atoms with Crippen molar-refractivity contribution in [2.24, 2.45) is 4.99 Å². The van der Waals surface area contributed by atoms with Crippen molar-refractivity contribution >= 4 is 29.1 Å². The van der Waals surface area contributed by atoms with Gasteiger partial charge in [0.2, 0.25) is 0 Å². The van der Waals surface area contributed by atoms with E-state index in [9.17, 15) is 9.59 Å². The molecule has 0 N–H and O–H groups in total. The molecule has 7 nitrogen and oxygen atoms in total. The first-order valence-corrected chi connectivity index (χ1v) is 11.2. The number of anilines is 1. The van der Waals surface area contributed by atoms with Gasteiger partial charge in [-0.2, -0.15) is 0 Å². The van der Waals surface area contributed by atoms with Crippen LogP contribution >= 0.6 is 11.3 Å². The molecule has 0 aliphatic carbocycles. The van der Waals surface area contributed by atoms with E-state index >= 15 is 0 Å². The number of allylic oxidation sites excluding steroid dienone is 1. The van der Waals surface area contributed by atoms with E-state index in [0.717, 1.165) is 16.8 Å². The molecule has 2 aromatic carbocycles. The van der Waals surface area contributed by atoms with Gasteiger partial charge in [-0.3, -0.25) is 9.36 Å². The van der Waals surface area contributed by atoms with Gasteiger partial charge in [-0.1, -0.05) is 35.6 Å². The van der Waals surface area contributed by atoms with Crippen molar-refractivity contribution in [1.82, 2.24) is 4.57 Å². The van der Waals surface area contributed by atoms with E-state index < -0.39 is 12.0 Å². The molecule has 0 bridgehead atoms. The Labute approximate surface area is 195 Å². The number of carbonyl (C=O) groups excluding carboxylic acids is 1. The molecule has 0 saturated carbocycles. The molecule has 33 heavy (non-hydrogen) atoms. The number of nitrogens with zero attached hydrogens (tertiary/aromatic N) is 3. The Morgan fingerprint density at radius 1 is 1.09 bits per heavy atom. The number of fused-ring (bicyclic) bond motifs is 1. The average molecular weight is 464 g/mol. The fraction of sp³-hybridized carbons (Fsp3) is 0.240. The van der Waals surface area contributed by atoms with Crippen LogP contribution in [0.3, 0.4) is 0 Å². The maximum atomic E-state index is 13.5. The minimum atomic E-state index is -0.641. The smallest absolute Gasteiger partial charge is 0.338 e. The summed E-state index contributed by atoms with van der Waals surface area (Å²) in [6, 6.07) is 14.6. The van der Waals surface area contributed by atoms with Gasteiger partial charge in [0.15, 0.2) is 4.80 Å². The fourth-order valence-corrected chi connectivity index (χ4v) is 4.86. The van der Waals surface area contributed by atoms with Crippen molar-refractivity contribution in [2.75, 3.05) is 33.2 Å². The largest absolute Gasteiger partial charge is 0.497 e. The zero-order chi connectivity index (χ0) is 23.7. The minimum Gasteiger partial charge on any atom is -0.497 e. The number of esters is 1. The molecule has 1 aliphatic rings. The van der Waals surface area contributed by atoms with Gasteiger partial charge in [0.1, 0.15) is 5.75 Å². The Kier molecular flexibility index (Phi) is 6.20. The highest BCUT2D eigenvalue weighted by Gasteiger charge is 2.33. The molecule has 0 spiro atoms. The number of rotatable bonds is 5. The minimum absolute atomic E-state index is 0.204. The number of ether oxygens (including phenoxy) is 2. The van der Waals surface area contributed by atoms with Gasteiger partial charge < -0.3 is 14.4 Å². The van der Waals surface area contributed by atoms with Crippen molar-refractivity contribution in [3.05, 3.63) is 90.6 Å². The number of hydrogen-bond donors (Lipinski definition) is 0. The first-order valence-electron chi connectivity index (χ1n) is 10.4. The molecule has 0 amide bonds. The molecule has 4 rings (SSSR count). The molecule has 0 saturated heterocycles. The second-order valence-electron chi connectivity index (χ2n) is 7.83. The zero-order valence-electron chi connectivity index (χ0n) is 19.2. The van der Waals surface area contributed by atoms with Gasteiger partial charge in [0.05, 0.1) is 36.1 Å². The Morgan fingerprint density at radius 2 is 1.76 bits per heavy atom. The lowest BCUT2D eigenvalue weighted by molar-refractivity contribution is -0.136. The first kappa shape index (κ1) is 22.5. The van der Waals surface area contributed by atoms with Crippen LogP contribution in [-0.4, -0.2) is 38.9 Å². The molecule has 2 heterocycles. The van der Waals surface area contributed by atoms with E-state index in [1.165, 1.54) is 18.4 Å². The lowest BCUT2D eigenvalue weighted by Gasteiger charge is -2.24. The van der Waals surface area contributed by atoms with Crippen LogP contribution < -0.4 is 24.5 Å². The third-order valence-electron chi connectivity index (χ3n) is 5.57. The van der Waals surface area contributed by atoms with E-state index in [-0.39, 0.29) is 5.56 Å². The second-order valence-corrected chi connectivity index (χ2v) is 8.84. The lowest BCUT2D eigenvalue weighted by atomic mass is 9.96. The molecular formula is C25H25N3O4S. The van der Waals surface area contributed by atoms with Gasteiger partial charge in [0.25, 0.3) is 5.56 Å². The van der Waals surface area contributed by atoms with Gasteiger partial charge in [-0.15, -0.1) is 0 Å². The number of carbonyl (C=O) groups is 1. The summed E-state index contributed by atoms with van der Waals surface area (Å²) in [4.78, 5) is 33.4. The van der Waals surface area contributed by atoms with Crippen LogP contribution in [0.1, 0.15) is 24.1 Å². The summed E-state index contributed by atoms with van der Waals surface area (Å²) in [5.41, 5.74) is 3.43. The maximum Gasteiger partial charge on any atom is 0.338 e. The SMILES string of the molecule is COC(=O)C1=C(C)N=c2s/c(=C\c3ccc(N(C)C)cc3)c(=O)n2[C@@H]1c1ccc(OC)cc1. The van der Waals surface area contributed by atoms with E-state index in [4.69, 9.17) is 9.47 Å². The maximum absolute atomic E-state index is 13.5. The Morgan fingerprint density at radius 3 is 2.33 bits per heavy atom. The van der Waals surface area contributed by atoms with E-state index in [0.29, 0.717) is 26.4 Å². The van der Waals surface area contributed by atoms with Crippen LogP contribution in [0.2, 0.25) is 0 Å². The molecule has 0 radical (unpaired) electrons. The highest BCUT2D eigenvalue weighted by molar-refractivity contribution is 7.07. The third kappa shape index (κ3) is 4.21. The summed E-state index contributed by atoms with van der Waals surface area (Å²) in [7, 11) is 6.88. The summed E-state index contributed by atoms with van der Waals surface area (Å²) in [6.45, 7) is 1.76. The van der Waals surface area contributed by atoms with E-state index in [1.807, 2.05) is 73.6 Å². The topological polar surface area (TPSA) is 73.1 Å². The third-order valence-corrected chi connectivity index (χ3v) is 6.55. The molecule has 1 atom stereocenters. The lowest BCUT2D eigenvalue weighted by Crippen LogP contribution is -2.39. The van der Waals surface area contributed by atoms with Crippen LogP contribution in [0.15, 0.2) is 69.6 Å². The molecular weight excluding hydrogens is 438 g/mol. The van der Waals surface area contributed by atoms with Crippen LogP contribution in [0.25, 0.3) is 6.08 Å². The van der Waals surface area contributed by atoms with E-state index in [2.05, 4.69) is 4.99 Å². The molecule has 0 fully saturated rings. The van der Waals surface area contributed by atoms with Crippen molar-refractivity contribution in [3.63, 3.8) is 0 Å². The second kappa shape index (κ2) is 9.07. The Hall–Kier alpha value is -3.65. The van der Waals surface area contributed by atoms with Crippen molar-refractivity contribution in [3.8, 4) is 5.75 Å². The number of methoxy groups -OCH3 is 2. The average Bonchev–Trinajstić information content (AvgIpc) is 3.12. The number of benzene rings is 2. The Bertz CT molecular complexity index is 1400. The van der Waals surface area contributed by atoms with Crippen LogP contribution in [0.4, 0.5) is 5.69 Å². The molecule has 1 aliphatic heterocycles. The fourth-order valence-electron chi connectivity index (χ4n) is 3.81. The molecule has 3 aromatic rings. The predicted octanol–water partition coefficient (Wildman–Crippen LogP) is 2.48. The summed E-state index contributed by atoms with van der Waals surface area (Å²) < 4.78 is 12.4. The van der Waals surface area contributed by atoms with Crippen LogP contribution in [0, 0.1) is 0 Å². The molecule has 8 heteroatoms. The summed E-state index contributed by atoms with van der Waals surface area (Å²) in [6.07, 6.45) is 1.85. The molecule has 170 valence electrons. The van der Waals surface area contributed by atoms with Crippen LogP contribution in [-0.2, 0) is 9.53 Å². The summed E-state index contributed by atoms with van der Waals surface area (Å²) in [5.74, 6) is 0.179. The van der Waals surface area contributed by atoms with Gasteiger partial charge in [-0.25, -0.2) is 9.79 Å². The standard InChI is InChI=1S/C25H25N3O4S/c1-15-21(24(30)32-5)22(17-8-12-19(31-4)13-9-17)28-23(29)20(33-25(28)26-15)14-16-6-10-18(11-7-16)27(2)3/h6-14,22H,1-5H3/b20-14-/t22-/m1/s1. The van der Waals surface area contributed by atoms with Gasteiger partial charge in [-0.05, 0) is 48.4 Å².